The molecule has 0 bridgehead atoms. The molecule has 0 aromatic heterocycles. The molecule has 1 aliphatic rings. The number of hydrogen-bond acceptors (Lipinski definition) is 2. The summed E-state index contributed by atoms with van der Waals surface area (Å²) in [6.45, 7) is 1.66. The van der Waals surface area contributed by atoms with Crippen molar-refractivity contribution in [2.45, 2.75) is 25.6 Å². The van der Waals surface area contributed by atoms with Gasteiger partial charge in [-0.25, -0.2) is 0 Å². The van der Waals surface area contributed by atoms with E-state index >= 15 is 0 Å². The summed E-state index contributed by atoms with van der Waals surface area (Å²) in [4.78, 5) is 0. The third-order valence-electron chi connectivity index (χ3n) is 2.39. The Hall–Kier alpha value is -0.860. The zero-order chi connectivity index (χ0) is 9.64. The van der Waals surface area contributed by atoms with Crippen LogP contribution in [-0.2, 0) is 15.9 Å². The summed E-state index contributed by atoms with van der Waals surface area (Å²) in [6, 6.07) is 10.3. The third-order valence-corrected chi connectivity index (χ3v) is 2.39. The third kappa shape index (κ3) is 2.82. The van der Waals surface area contributed by atoms with Crippen LogP contribution in [0, 0.1) is 0 Å². The van der Waals surface area contributed by atoms with E-state index in [2.05, 4.69) is 12.1 Å². The molecule has 1 aromatic carbocycles. The smallest absolute Gasteiger partial charge is 0.161 e. The Bertz CT molecular complexity index is 250. The molecule has 0 aliphatic carbocycles. The monoisotopic (exact) mass is 192 g/mol. The molecule has 14 heavy (non-hydrogen) atoms. The number of benzene rings is 1. The number of rotatable bonds is 2. The predicted octanol–water partition coefficient (Wildman–Crippen LogP) is 2.38. The molecule has 2 nitrogen and oxygen atoms in total. The normalized spacial score (nSPS) is 19.1. The standard InChI is InChI=1S/C12H16O2/c1-2-6-11(7-3-1)10-12-13-8-4-5-9-14-12/h1-3,6-7,12H,4-5,8-10H2. The SMILES string of the molecule is c1ccc(CC2OCCCCO2)cc1. The van der Waals surface area contributed by atoms with Crippen molar-refractivity contribution >= 4 is 0 Å². The first-order valence-electron chi connectivity index (χ1n) is 5.22. The molecule has 0 amide bonds. The summed E-state index contributed by atoms with van der Waals surface area (Å²) in [6.07, 6.45) is 3.05. The van der Waals surface area contributed by atoms with Gasteiger partial charge in [0.05, 0.1) is 0 Å². The first-order valence-corrected chi connectivity index (χ1v) is 5.22. The van der Waals surface area contributed by atoms with Gasteiger partial charge in [-0.05, 0) is 18.4 Å². The number of ether oxygens (including phenoxy) is 2. The predicted molar refractivity (Wildman–Crippen MR) is 55.1 cm³/mol. The van der Waals surface area contributed by atoms with Gasteiger partial charge in [0.15, 0.2) is 6.29 Å². The molecular weight excluding hydrogens is 176 g/mol. The minimum atomic E-state index is -0.0418. The summed E-state index contributed by atoms with van der Waals surface area (Å²) in [5, 5.41) is 0. The molecular formula is C12H16O2. The second-order valence-corrected chi connectivity index (χ2v) is 3.57. The lowest BCUT2D eigenvalue weighted by molar-refractivity contribution is -0.124. The Morgan fingerprint density at radius 1 is 1.00 bits per heavy atom. The van der Waals surface area contributed by atoms with Crippen LogP contribution in [0.3, 0.4) is 0 Å². The molecule has 0 radical (unpaired) electrons. The molecule has 0 N–H and O–H groups in total. The topological polar surface area (TPSA) is 18.5 Å². The minimum Gasteiger partial charge on any atom is -0.352 e. The highest BCUT2D eigenvalue weighted by Gasteiger charge is 2.12. The summed E-state index contributed by atoms with van der Waals surface area (Å²) < 4.78 is 11.2. The van der Waals surface area contributed by atoms with Gasteiger partial charge in [0.1, 0.15) is 0 Å². The molecule has 1 heterocycles. The molecule has 0 spiro atoms. The fourth-order valence-corrected chi connectivity index (χ4v) is 1.61. The van der Waals surface area contributed by atoms with Crippen molar-refractivity contribution in [2.24, 2.45) is 0 Å². The van der Waals surface area contributed by atoms with Crippen LogP contribution in [0.25, 0.3) is 0 Å². The second kappa shape index (κ2) is 5.13. The van der Waals surface area contributed by atoms with Gasteiger partial charge in [-0.3, -0.25) is 0 Å². The zero-order valence-electron chi connectivity index (χ0n) is 8.32. The van der Waals surface area contributed by atoms with E-state index in [1.165, 1.54) is 5.56 Å². The van der Waals surface area contributed by atoms with Gasteiger partial charge < -0.3 is 9.47 Å². The van der Waals surface area contributed by atoms with Gasteiger partial charge in [-0.1, -0.05) is 30.3 Å². The highest BCUT2D eigenvalue weighted by molar-refractivity contribution is 5.15. The average molecular weight is 192 g/mol. The Kier molecular flexibility index (Phi) is 3.55. The van der Waals surface area contributed by atoms with Crippen molar-refractivity contribution in [3.05, 3.63) is 35.9 Å². The number of hydrogen-bond donors (Lipinski definition) is 0. The maximum Gasteiger partial charge on any atom is 0.161 e. The van der Waals surface area contributed by atoms with Gasteiger partial charge in [0.25, 0.3) is 0 Å². The molecule has 0 unspecified atom stereocenters. The van der Waals surface area contributed by atoms with Gasteiger partial charge >= 0.3 is 0 Å². The summed E-state index contributed by atoms with van der Waals surface area (Å²) in [5.74, 6) is 0. The van der Waals surface area contributed by atoms with E-state index < -0.39 is 0 Å². The van der Waals surface area contributed by atoms with Crippen LogP contribution < -0.4 is 0 Å². The lowest BCUT2D eigenvalue weighted by atomic mass is 10.1. The molecule has 2 rings (SSSR count). The van der Waals surface area contributed by atoms with E-state index in [9.17, 15) is 0 Å². The second-order valence-electron chi connectivity index (χ2n) is 3.57. The maximum atomic E-state index is 5.58. The van der Waals surface area contributed by atoms with E-state index in [1.807, 2.05) is 18.2 Å². The van der Waals surface area contributed by atoms with E-state index in [4.69, 9.17) is 9.47 Å². The maximum absolute atomic E-state index is 5.58. The van der Waals surface area contributed by atoms with E-state index in [1.54, 1.807) is 0 Å². The van der Waals surface area contributed by atoms with Crippen molar-refractivity contribution in [3.8, 4) is 0 Å². The van der Waals surface area contributed by atoms with Crippen LogP contribution in [-0.4, -0.2) is 19.5 Å². The van der Waals surface area contributed by atoms with Crippen LogP contribution in [0.5, 0.6) is 0 Å². The van der Waals surface area contributed by atoms with E-state index in [-0.39, 0.29) is 6.29 Å². The largest absolute Gasteiger partial charge is 0.352 e. The molecule has 0 saturated carbocycles. The molecule has 76 valence electrons. The molecule has 0 atom stereocenters. The van der Waals surface area contributed by atoms with Crippen molar-refractivity contribution in [1.29, 1.82) is 0 Å². The van der Waals surface area contributed by atoms with Gasteiger partial charge in [0, 0.05) is 19.6 Å². The average Bonchev–Trinajstić information content (AvgIpc) is 2.48. The van der Waals surface area contributed by atoms with Crippen LogP contribution in [0.15, 0.2) is 30.3 Å². The van der Waals surface area contributed by atoms with E-state index in [0.29, 0.717) is 0 Å². The molecule has 1 aromatic rings. The van der Waals surface area contributed by atoms with Gasteiger partial charge in [0.2, 0.25) is 0 Å². The summed E-state index contributed by atoms with van der Waals surface area (Å²) in [5.41, 5.74) is 1.28. The Morgan fingerprint density at radius 2 is 1.64 bits per heavy atom. The highest BCUT2D eigenvalue weighted by atomic mass is 16.7. The van der Waals surface area contributed by atoms with Crippen LogP contribution in [0.4, 0.5) is 0 Å². The van der Waals surface area contributed by atoms with E-state index in [0.717, 1.165) is 32.5 Å². The van der Waals surface area contributed by atoms with Crippen LogP contribution in [0.1, 0.15) is 18.4 Å². The molecule has 1 saturated heterocycles. The van der Waals surface area contributed by atoms with Gasteiger partial charge in [-0.2, -0.15) is 0 Å². The zero-order valence-corrected chi connectivity index (χ0v) is 8.32. The van der Waals surface area contributed by atoms with Crippen molar-refractivity contribution < 1.29 is 9.47 Å². The minimum absolute atomic E-state index is 0.0418. The van der Waals surface area contributed by atoms with Crippen molar-refractivity contribution in [1.82, 2.24) is 0 Å². The fourth-order valence-electron chi connectivity index (χ4n) is 1.61. The molecule has 2 heteroatoms. The Morgan fingerprint density at radius 3 is 2.29 bits per heavy atom. The summed E-state index contributed by atoms with van der Waals surface area (Å²) >= 11 is 0. The summed E-state index contributed by atoms with van der Waals surface area (Å²) in [7, 11) is 0. The first kappa shape index (κ1) is 9.69. The van der Waals surface area contributed by atoms with Crippen LogP contribution in [0.2, 0.25) is 0 Å². The molecule has 1 fully saturated rings. The quantitative estimate of drug-likeness (QED) is 0.716. The fraction of sp³-hybridized carbons (Fsp3) is 0.500. The van der Waals surface area contributed by atoms with Gasteiger partial charge in [-0.15, -0.1) is 0 Å². The lowest BCUT2D eigenvalue weighted by Crippen LogP contribution is -2.18. The van der Waals surface area contributed by atoms with Crippen LogP contribution >= 0.6 is 0 Å². The lowest BCUT2D eigenvalue weighted by Gasteiger charge is -2.14. The highest BCUT2D eigenvalue weighted by Crippen LogP contribution is 2.11. The molecule has 1 aliphatic heterocycles. The van der Waals surface area contributed by atoms with Crippen molar-refractivity contribution in [3.63, 3.8) is 0 Å². The Labute approximate surface area is 84.8 Å². The van der Waals surface area contributed by atoms with Crippen molar-refractivity contribution in [2.75, 3.05) is 13.2 Å². The Balaban J connectivity index is 1.90. The first-order chi connectivity index (χ1) is 6.95.